The third-order valence-electron chi connectivity index (χ3n) is 2.09. The predicted molar refractivity (Wildman–Crippen MR) is 50.7 cm³/mol. The summed E-state index contributed by atoms with van der Waals surface area (Å²) in [5, 5.41) is 0. The van der Waals surface area contributed by atoms with E-state index < -0.39 is 11.9 Å². The van der Waals surface area contributed by atoms with Crippen molar-refractivity contribution in [2.45, 2.75) is 6.42 Å². The number of rotatable bonds is 4. The number of nitrogens with zero attached hydrogens (tertiary/aromatic N) is 2. The van der Waals surface area contributed by atoms with Gasteiger partial charge in [0.2, 0.25) is 0 Å². The van der Waals surface area contributed by atoms with E-state index in [9.17, 15) is 9.59 Å². The zero-order valence-corrected chi connectivity index (χ0v) is 8.65. The van der Waals surface area contributed by atoms with Gasteiger partial charge >= 0.3 is 11.9 Å². The molecule has 1 rings (SSSR count). The summed E-state index contributed by atoms with van der Waals surface area (Å²) in [7, 11) is 3.96. The number of esters is 1. The molecule has 5 heteroatoms. The molecule has 1 fully saturated rings. The van der Waals surface area contributed by atoms with Crippen LogP contribution < -0.4 is 0 Å². The lowest BCUT2D eigenvalue weighted by Crippen LogP contribution is -2.45. The van der Waals surface area contributed by atoms with Crippen LogP contribution in [0.25, 0.3) is 0 Å². The predicted octanol–water partition coefficient (Wildman–Crippen LogP) is -0.676. The molecule has 0 aromatic rings. The van der Waals surface area contributed by atoms with Crippen LogP contribution in [0.15, 0.2) is 0 Å². The number of ether oxygens (including phenoxy) is 1. The fourth-order valence-electron chi connectivity index (χ4n) is 1.33. The lowest BCUT2D eigenvalue weighted by atomic mass is 10.3. The van der Waals surface area contributed by atoms with Gasteiger partial charge in [0.1, 0.15) is 6.61 Å². The van der Waals surface area contributed by atoms with Crippen molar-refractivity contribution in [2.75, 3.05) is 40.3 Å². The maximum atomic E-state index is 11.2. The van der Waals surface area contributed by atoms with E-state index in [2.05, 4.69) is 4.74 Å². The standard InChI is InChI=1S/C9H16N2O3/c1-10(2)4-3-5-11-6-7-14-9(13)8(11)12/h3-7H2,1-2H3. The second-order valence-electron chi connectivity index (χ2n) is 3.58. The minimum atomic E-state index is -0.721. The van der Waals surface area contributed by atoms with Crippen LogP contribution in [-0.2, 0) is 14.3 Å². The molecular weight excluding hydrogens is 184 g/mol. The van der Waals surface area contributed by atoms with Gasteiger partial charge in [0.15, 0.2) is 0 Å². The van der Waals surface area contributed by atoms with Gasteiger partial charge in [-0.1, -0.05) is 0 Å². The van der Waals surface area contributed by atoms with E-state index in [4.69, 9.17) is 0 Å². The van der Waals surface area contributed by atoms with Crippen molar-refractivity contribution in [3.8, 4) is 0 Å². The molecule has 0 spiro atoms. The highest BCUT2D eigenvalue weighted by Gasteiger charge is 2.27. The first kappa shape index (κ1) is 11.0. The van der Waals surface area contributed by atoms with Crippen LogP contribution in [0.1, 0.15) is 6.42 Å². The number of hydrogen-bond donors (Lipinski definition) is 0. The van der Waals surface area contributed by atoms with Crippen LogP contribution in [0.2, 0.25) is 0 Å². The summed E-state index contributed by atoms with van der Waals surface area (Å²) in [6.45, 7) is 2.40. The summed E-state index contributed by atoms with van der Waals surface area (Å²) < 4.78 is 4.61. The Morgan fingerprint density at radius 1 is 1.43 bits per heavy atom. The number of amides is 1. The van der Waals surface area contributed by atoms with E-state index in [0.717, 1.165) is 13.0 Å². The van der Waals surface area contributed by atoms with Gasteiger partial charge in [-0.2, -0.15) is 0 Å². The molecular formula is C9H16N2O3. The molecule has 0 aliphatic carbocycles. The average Bonchev–Trinajstić information content (AvgIpc) is 2.12. The maximum absolute atomic E-state index is 11.2. The van der Waals surface area contributed by atoms with Gasteiger partial charge in [-0.25, -0.2) is 4.79 Å². The molecule has 14 heavy (non-hydrogen) atoms. The van der Waals surface area contributed by atoms with E-state index in [1.807, 2.05) is 19.0 Å². The number of cyclic esters (lactones) is 1. The summed E-state index contributed by atoms with van der Waals surface area (Å²) in [4.78, 5) is 25.7. The Labute approximate surface area is 83.6 Å². The normalized spacial score (nSPS) is 17.5. The van der Waals surface area contributed by atoms with Gasteiger partial charge < -0.3 is 14.5 Å². The second-order valence-corrected chi connectivity index (χ2v) is 3.58. The van der Waals surface area contributed by atoms with Gasteiger partial charge in [-0.15, -0.1) is 0 Å². The van der Waals surface area contributed by atoms with E-state index >= 15 is 0 Å². The zero-order chi connectivity index (χ0) is 10.6. The molecule has 80 valence electrons. The van der Waals surface area contributed by atoms with Gasteiger partial charge in [0.05, 0.1) is 6.54 Å². The first-order valence-electron chi connectivity index (χ1n) is 4.72. The Morgan fingerprint density at radius 3 is 2.79 bits per heavy atom. The molecule has 0 bridgehead atoms. The van der Waals surface area contributed by atoms with Crippen LogP contribution in [0.4, 0.5) is 0 Å². The fraction of sp³-hybridized carbons (Fsp3) is 0.778. The molecule has 1 aliphatic rings. The average molecular weight is 200 g/mol. The van der Waals surface area contributed by atoms with Crippen molar-refractivity contribution >= 4 is 11.9 Å². The monoisotopic (exact) mass is 200 g/mol. The molecule has 0 aromatic carbocycles. The highest BCUT2D eigenvalue weighted by atomic mass is 16.5. The highest BCUT2D eigenvalue weighted by Crippen LogP contribution is 2.01. The van der Waals surface area contributed by atoms with E-state index in [1.54, 1.807) is 4.90 Å². The topological polar surface area (TPSA) is 49.9 Å². The van der Waals surface area contributed by atoms with E-state index in [-0.39, 0.29) is 0 Å². The maximum Gasteiger partial charge on any atom is 0.397 e. The Hall–Kier alpha value is -1.10. The molecule has 0 atom stereocenters. The van der Waals surface area contributed by atoms with Crippen LogP contribution in [0, 0.1) is 0 Å². The zero-order valence-electron chi connectivity index (χ0n) is 8.65. The van der Waals surface area contributed by atoms with Crippen molar-refractivity contribution in [2.24, 2.45) is 0 Å². The third-order valence-corrected chi connectivity index (χ3v) is 2.09. The lowest BCUT2D eigenvalue weighted by molar-refractivity contribution is -0.166. The van der Waals surface area contributed by atoms with Gasteiger partial charge in [-0.3, -0.25) is 4.79 Å². The molecule has 1 saturated heterocycles. The van der Waals surface area contributed by atoms with Crippen LogP contribution in [0.3, 0.4) is 0 Å². The largest absolute Gasteiger partial charge is 0.457 e. The molecule has 1 amide bonds. The van der Waals surface area contributed by atoms with Crippen LogP contribution >= 0.6 is 0 Å². The molecule has 0 aromatic heterocycles. The molecule has 0 radical (unpaired) electrons. The fourth-order valence-corrected chi connectivity index (χ4v) is 1.33. The smallest absolute Gasteiger partial charge is 0.397 e. The van der Waals surface area contributed by atoms with Crippen molar-refractivity contribution < 1.29 is 14.3 Å². The number of hydrogen-bond acceptors (Lipinski definition) is 4. The summed E-state index contributed by atoms with van der Waals surface area (Å²) >= 11 is 0. The molecule has 5 nitrogen and oxygen atoms in total. The Morgan fingerprint density at radius 2 is 2.14 bits per heavy atom. The van der Waals surface area contributed by atoms with Crippen molar-refractivity contribution in [1.82, 2.24) is 9.80 Å². The summed E-state index contributed by atoms with van der Waals surface area (Å²) in [6.07, 6.45) is 0.881. The van der Waals surface area contributed by atoms with Crippen molar-refractivity contribution in [1.29, 1.82) is 0 Å². The Balaban J connectivity index is 2.29. The van der Waals surface area contributed by atoms with E-state index in [1.165, 1.54) is 0 Å². The van der Waals surface area contributed by atoms with Crippen molar-refractivity contribution in [3.05, 3.63) is 0 Å². The second kappa shape index (κ2) is 4.95. The Kier molecular flexibility index (Phi) is 3.88. The number of carbonyl (C=O) groups is 2. The number of morpholine rings is 1. The summed E-state index contributed by atoms with van der Waals surface area (Å²) in [5.41, 5.74) is 0. The SMILES string of the molecule is CN(C)CCCN1CCOC(=O)C1=O. The van der Waals surface area contributed by atoms with Crippen LogP contribution in [-0.4, -0.2) is 62.0 Å². The van der Waals surface area contributed by atoms with Gasteiger partial charge in [-0.05, 0) is 27.1 Å². The number of carbonyl (C=O) groups excluding carboxylic acids is 2. The first-order valence-corrected chi connectivity index (χ1v) is 4.72. The molecule has 1 aliphatic heterocycles. The quantitative estimate of drug-likeness (QED) is 0.446. The molecule has 0 unspecified atom stereocenters. The van der Waals surface area contributed by atoms with Gasteiger partial charge in [0.25, 0.3) is 0 Å². The van der Waals surface area contributed by atoms with Gasteiger partial charge in [0, 0.05) is 6.54 Å². The lowest BCUT2D eigenvalue weighted by Gasteiger charge is -2.25. The first-order chi connectivity index (χ1) is 6.61. The third kappa shape index (κ3) is 2.99. The van der Waals surface area contributed by atoms with Crippen molar-refractivity contribution in [3.63, 3.8) is 0 Å². The minimum Gasteiger partial charge on any atom is -0.457 e. The molecule has 0 saturated carbocycles. The minimum absolute atomic E-state index is 0.326. The summed E-state index contributed by atoms with van der Waals surface area (Å²) in [5.74, 6) is -1.23. The highest BCUT2D eigenvalue weighted by molar-refractivity contribution is 6.32. The molecule has 1 heterocycles. The Bertz CT molecular complexity index is 228. The summed E-state index contributed by atoms with van der Waals surface area (Å²) in [6, 6.07) is 0. The van der Waals surface area contributed by atoms with Crippen LogP contribution in [0.5, 0.6) is 0 Å². The van der Waals surface area contributed by atoms with E-state index in [0.29, 0.717) is 19.7 Å². The molecule has 0 N–H and O–H groups in total.